The van der Waals surface area contributed by atoms with E-state index in [2.05, 4.69) is 15.6 Å². The smallest absolute Gasteiger partial charge is 0.244 e. The summed E-state index contributed by atoms with van der Waals surface area (Å²) >= 11 is 2.84. The second kappa shape index (κ2) is 11.6. The Morgan fingerprint density at radius 3 is 2.54 bits per heavy atom. The predicted octanol–water partition coefficient (Wildman–Crippen LogP) is 7.03. The van der Waals surface area contributed by atoms with Crippen LogP contribution in [0.4, 0.5) is 10.8 Å². The molecule has 37 heavy (non-hydrogen) atoms. The highest BCUT2D eigenvalue weighted by Gasteiger charge is 2.29. The number of nitrogens with zero attached hydrogens (tertiary/aromatic N) is 1. The van der Waals surface area contributed by atoms with Gasteiger partial charge in [0.1, 0.15) is 11.0 Å². The minimum Gasteiger partial charge on any atom is -0.494 e. The van der Waals surface area contributed by atoms with E-state index in [-0.39, 0.29) is 17.7 Å². The van der Waals surface area contributed by atoms with Crippen LogP contribution in [0.1, 0.15) is 30.6 Å². The Hall–Kier alpha value is -3.62. The number of amides is 2. The summed E-state index contributed by atoms with van der Waals surface area (Å²) in [5.41, 5.74) is 3.39. The molecule has 1 atom stereocenters. The first kappa shape index (κ1) is 25.0. The quantitative estimate of drug-likeness (QED) is 0.216. The Bertz CT molecular complexity index is 1370. The van der Waals surface area contributed by atoms with Crippen LogP contribution in [0.25, 0.3) is 11.3 Å². The summed E-state index contributed by atoms with van der Waals surface area (Å²) in [5, 5.41) is 7.97. The molecule has 2 N–H and O–H groups in total. The minimum absolute atomic E-state index is 0.0617. The molecule has 1 unspecified atom stereocenters. The molecule has 1 fully saturated rings. The first-order valence-corrected chi connectivity index (χ1v) is 14.0. The summed E-state index contributed by atoms with van der Waals surface area (Å²) in [7, 11) is 0. The standard InChI is InChI=1S/C29H27N3O3S2/c1-2-35-23-15-13-19(14-16-23)25-18-36-29(31-25)32-28(34)26(20-7-4-3-5-8-20)37-24-10-6-9-22(17-24)30-27(33)21-11-12-21/h3-10,13-18,21,26H,2,11-12H2,1H3,(H,30,33)(H,31,32,34). The molecule has 8 heteroatoms. The van der Waals surface area contributed by atoms with Gasteiger partial charge in [0.05, 0.1) is 12.3 Å². The summed E-state index contributed by atoms with van der Waals surface area (Å²) < 4.78 is 5.51. The van der Waals surface area contributed by atoms with E-state index in [0.29, 0.717) is 11.7 Å². The van der Waals surface area contributed by atoms with E-state index in [4.69, 9.17) is 4.74 Å². The van der Waals surface area contributed by atoms with E-state index in [1.54, 1.807) is 0 Å². The average Bonchev–Trinajstić information content (AvgIpc) is 3.68. The van der Waals surface area contributed by atoms with Crippen molar-refractivity contribution in [1.29, 1.82) is 0 Å². The molecule has 0 spiro atoms. The zero-order valence-corrected chi connectivity index (χ0v) is 22.0. The van der Waals surface area contributed by atoms with E-state index in [1.165, 1.54) is 23.1 Å². The van der Waals surface area contributed by atoms with E-state index < -0.39 is 5.25 Å². The Balaban J connectivity index is 1.31. The highest BCUT2D eigenvalue weighted by Crippen LogP contribution is 2.38. The Kier molecular flexibility index (Phi) is 7.87. The summed E-state index contributed by atoms with van der Waals surface area (Å²) in [5.74, 6) is 0.849. The Labute approximate surface area is 224 Å². The van der Waals surface area contributed by atoms with Crippen LogP contribution in [0.3, 0.4) is 0 Å². The second-order valence-corrected chi connectivity index (χ2v) is 10.7. The molecule has 2 amide bonds. The van der Waals surface area contributed by atoms with Gasteiger partial charge in [0.2, 0.25) is 11.8 Å². The van der Waals surface area contributed by atoms with Crippen molar-refractivity contribution < 1.29 is 14.3 Å². The summed E-state index contributed by atoms with van der Waals surface area (Å²) in [6.45, 7) is 2.57. The highest BCUT2D eigenvalue weighted by molar-refractivity contribution is 8.00. The van der Waals surface area contributed by atoms with E-state index in [0.717, 1.165) is 46.0 Å². The van der Waals surface area contributed by atoms with Crippen molar-refractivity contribution in [1.82, 2.24) is 4.98 Å². The average molecular weight is 530 g/mol. The monoisotopic (exact) mass is 529 g/mol. The lowest BCUT2D eigenvalue weighted by Crippen LogP contribution is -2.19. The molecule has 6 nitrogen and oxygen atoms in total. The molecular formula is C29H27N3O3S2. The lowest BCUT2D eigenvalue weighted by atomic mass is 10.1. The normalized spacial score (nSPS) is 13.5. The van der Waals surface area contributed by atoms with E-state index in [1.807, 2.05) is 91.2 Å². The number of aromatic nitrogens is 1. The lowest BCUT2D eigenvalue weighted by molar-refractivity contribution is -0.117. The largest absolute Gasteiger partial charge is 0.494 e. The lowest BCUT2D eigenvalue weighted by Gasteiger charge is -2.17. The molecule has 0 saturated heterocycles. The van der Waals surface area contributed by atoms with E-state index >= 15 is 0 Å². The van der Waals surface area contributed by atoms with Crippen LogP contribution in [-0.4, -0.2) is 23.4 Å². The molecule has 0 bridgehead atoms. The van der Waals surface area contributed by atoms with Crippen molar-refractivity contribution in [2.24, 2.45) is 5.92 Å². The van der Waals surface area contributed by atoms with Crippen molar-refractivity contribution in [3.63, 3.8) is 0 Å². The first-order chi connectivity index (χ1) is 18.1. The zero-order valence-electron chi connectivity index (χ0n) is 20.3. The molecule has 0 radical (unpaired) electrons. The van der Waals surface area contributed by atoms with Gasteiger partial charge >= 0.3 is 0 Å². The van der Waals surface area contributed by atoms with Gasteiger partial charge in [0.25, 0.3) is 0 Å². The second-order valence-electron chi connectivity index (χ2n) is 8.68. The van der Waals surface area contributed by atoms with Crippen molar-refractivity contribution in [3.8, 4) is 17.0 Å². The zero-order chi connectivity index (χ0) is 25.6. The van der Waals surface area contributed by atoms with Crippen LogP contribution in [0.15, 0.2) is 89.1 Å². The number of rotatable bonds is 10. The third kappa shape index (κ3) is 6.58. The maximum absolute atomic E-state index is 13.5. The molecule has 5 rings (SSSR count). The fourth-order valence-electron chi connectivity index (χ4n) is 3.80. The van der Waals surface area contributed by atoms with Crippen LogP contribution in [0, 0.1) is 5.92 Å². The SMILES string of the molecule is CCOc1ccc(-c2csc(NC(=O)C(Sc3cccc(NC(=O)C4CC4)c3)c3ccccc3)n2)cc1. The molecule has 1 heterocycles. The fourth-order valence-corrected chi connectivity index (χ4v) is 5.60. The van der Waals surface area contributed by atoms with Crippen LogP contribution in [0.2, 0.25) is 0 Å². The molecule has 1 aliphatic rings. The summed E-state index contributed by atoms with van der Waals surface area (Å²) in [6.07, 6.45) is 1.90. The number of carbonyl (C=O) groups is 2. The number of hydrogen-bond donors (Lipinski definition) is 2. The number of anilines is 2. The number of thioether (sulfide) groups is 1. The predicted molar refractivity (Wildman–Crippen MR) is 150 cm³/mol. The Morgan fingerprint density at radius 2 is 1.81 bits per heavy atom. The minimum atomic E-state index is -0.492. The molecule has 1 saturated carbocycles. The van der Waals surface area contributed by atoms with Gasteiger partial charge < -0.3 is 15.4 Å². The highest BCUT2D eigenvalue weighted by atomic mass is 32.2. The van der Waals surface area contributed by atoms with Crippen molar-refractivity contribution in [2.45, 2.75) is 29.9 Å². The van der Waals surface area contributed by atoms with E-state index in [9.17, 15) is 9.59 Å². The van der Waals surface area contributed by atoms with Gasteiger partial charge in [-0.1, -0.05) is 36.4 Å². The van der Waals surface area contributed by atoms with Crippen molar-refractivity contribution in [2.75, 3.05) is 17.2 Å². The number of ether oxygens (including phenoxy) is 1. The first-order valence-electron chi connectivity index (χ1n) is 12.2. The maximum Gasteiger partial charge on any atom is 0.244 e. The third-order valence-corrected chi connectivity index (χ3v) is 7.85. The molecule has 3 aromatic carbocycles. The van der Waals surface area contributed by atoms with Crippen LogP contribution in [0.5, 0.6) is 5.75 Å². The van der Waals surface area contributed by atoms with Gasteiger partial charge in [0.15, 0.2) is 5.13 Å². The number of thiazole rings is 1. The molecule has 1 aliphatic carbocycles. The third-order valence-electron chi connectivity index (χ3n) is 5.84. The molecule has 188 valence electrons. The molecular weight excluding hydrogens is 502 g/mol. The van der Waals surface area contributed by atoms with Crippen molar-refractivity contribution in [3.05, 3.63) is 89.8 Å². The van der Waals surface area contributed by atoms with Gasteiger partial charge in [0, 0.05) is 27.4 Å². The van der Waals surface area contributed by atoms with Gasteiger partial charge in [-0.2, -0.15) is 0 Å². The molecule has 4 aromatic rings. The van der Waals surface area contributed by atoms with Crippen molar-refractivity contribution >= 4 is 45.7 Å². The van der Waals surface area contributed by atoms with Gasteiger partial charge in [-0.3, -0.25) is 9.59 Å². The van der Waals surface area contributed by atoms with Gasteiger partial charge in [-0.05, 0) is 67.8 Å². The number of nitrogens with one attached hydrogen (secondary N) is 2. The van der Waals surface area contributed by atoms with Gasteiger partial charge in [-0.25, -0.2) is 4.98 Å². The fraction of sp³-hybridized carbons (Fsp3) is 0.207. The Morgan fingerprint density at radius 1 is 1.03 bits per heavy atom. The summed E-state index contributed by atoms with van der Waals surface area (Å²) in [6, 6.07) is 25.1. The van der Waals surface area contributed by atoms with Crippen LogP contribution < -0.4 is 15.4 Å². The molecule has 0 aliphatic heterocycles. The molecule has 1 aromatic heterocycles. The number of carbonyl (C=O) groups excluding carboxylic acids is 2. The maximum atomic E-state index is 13.5. The van der Waals surface area contributed by atoms with Crippen LogP contribution >= 0.6 is 23.1 Å². The number of hydrogen-bond acceptors (Lipinski definition) is 6. The summed E-state index contributed by atoms with van der Waals surface area (Å²) in [4.78, 5) is 31.2. The topological polar surface area (TPSA) is 80.3 Å². The van der Waals surface area contributed by atoms with Gasteiger partial charge in [-0.15, -0.1) is 23.1 Å². The number of benzene rings is 3. The van der Waals surface area contributed by atoms with Crippen LogP contribution in [-0.2, 0) is 9.59 Å².